The second kappa shape index (κ2) is 5.98. The number of nitrogens with one attached hydrogen (secondary N) is 1. The molecule has 2 aromatic heterocycles. The average molecular weight is 295 g/mol. The fourth-order valence-corrected chi connectivity index (χ4v) is 2.14. The molecule has 0 radical (unpaired) electrons. The number of halogens is 1. The van der Waals surface area contributed by atoms with Crippen molar-refractivity contribution in [3.05, 3.63) is 52.7 Å². The molecule has 1 unspecified atom stereocenters. The van der Waals surface area contributed by atoms with Crippen molar-refractivity contribution in [2.24, 2.45) is 0 Å². The van der Waals surface area contributed by atoms with E-state index in [9.17, 15) is 0 Å². The van der Waals surface area contributed by atoms with Crippen molar-refractivity contribution in [3.8, 4) is 0 Å². The Kier molecular flexibility index (Phi) is 4.34. The molecule has 0 aliphatic heterocycles. The summed E-state index contributed by atoms with van der Waals surface area (Å²) >= 11 is 3.50. The maximum Gasteiger partial charge on any atom is 0.139 e. The summed E-state index contributed by atoms with van der Waals surface area (Å²) in [5.41, 5.74) is 1.11. The third-order valence-electron chi connectivity index (χ3n) is 2.52. The number of nitrogens with zero attached hydrogens (tertiary/aromatic N) is 1. The van der Waals surface area contributed by atoms with Crippen LogP contribution in [0.25, 0.3) is 0 Å². The van der Waals surface area contributed by atoms with Gasteiger partial charge in [0, 0.05) is 12.4 Å². The van der Waals surface area contributed by atoms with E-state index in [1.165, 1.54) is 0 Å². The predicted molar refractivity (Wildman–Crippen MR) is 70.8 cm³/mol. The van der Waals surface area contributed by atoms with Crippen LogP contribution in [0, 0.1) is 0 Å². The Morgan fingerprint density at radius 3 is 2.94 bits per heavy atom. The van der Waals surface area contributed by atoms with Gasteiger partial charge in [-0.2, -0.15) is 0 Å². The van der Waals surface area contributed by atoms with Crippen molar-refractivity contribution in [3.63, 3.8) is 0 Å². The molecule has 0 saturated heterocycles. The van der Waals surface area contributed by atoms with Crippen LogP contribution >= 0.6 is 15.9 Å². The fraction of sp³-hybridized carbons (Fsp3) is 0.308. The van der Waals surface area contributed by atoms with Crippen molar-refractivity contribution in [2.75, 3.05) is 6.54 Å². The quantitative estimate of drug-likeness (QED) is 0.917. The molecular weight excluding hydrogens is 280 g/mol. The standard InChI is InChI=1S/C13H15BrN2O/c1-2-6-16-12(10-4-3-7-15-9-10)13-11(14)5-8-17-13/h3-5,7-9,12,16H,2,6H2,1H3. The maximum atomic E-state index is 5.54. The Hall–Kier alpha value is -1.13. The molecule has 0 spiro atoms. The van der Waals surface area contributed by atoms with E-state index in [4.69, 9.17) is 4.42 Å². The van der Waals surface area contributed by atoms with Gasteiger partial charge >= 0.3 is 0 Å². The van der Waals surface area contributed by atoms with E-state index >= 15 is 0 Å². The first-order chi connectivity index (χ1) is 8.33. The summed E-state index contributed by atoms with van der Waals surface area (Å²) in [6, 6.07) is 5.95. The van der Waals surface area contributed by atoms with Crippen molar-refractivity contribution in [2.45, 2.75) is 19.4 Å². The largest absolute Gasteiger partial charge is 0.466 e. The predicted octanol–water partition coefficient (Wildman–Crippen LogP) is 3.53. The molecule has 1 atom stereocenters. The fourth-order valence-electron chi connectivity index (χ4n) is 1.71. The summed E-state index contributed by atoms with van der Waals surface area (Å²) in [7, 11) is 0. The maximum absolute atomic E-state index is 5.54. The minimum Gasteiger partial charge on any atom is -0.466 e. The molecule has 0 aliphatic carbocycles. The lowest BCUT2D eigenvalue weighted by Crippen LogP contribution is -2.23. The third-order valence-corrected chi connectivity index (χ3v) is 3.18. The topological polar surface area (TPSA) is 38.1 Å². The van der Waals surface area contributed by atoms with E-state index in [1.807, 2.05) is 18.3 Å². The molecule has 1 N–H and O–H groups in total. The molecule has 0 bridgehead atoms. The van der Waals surface area contributed by atoms with Crippen LogP contribution in [0.5, 0.6) is 0 Å². The molecule has 0 saturated carbocycles. The van der Waals surface area contributed by atoms with E-state index in [1.54, 1.807) is 12.5 Å². The molecular formula is C13H15BrN2O. The molecule has 4 heteroatoms. The van der Waals surface area contributed by atoms with E-state index in [0.29, 0.717) is 0 Å². The SMILES string of the molecule is CCCNC(c1cccnc1)c1occc1Br. The van der Waals surface area contributed by atoms with Gasteiger partial charge in [-0.25, -0.2) is 0 Å². The van der Waals surface area contributed by atoms with Crippen molar-refractivity contribution < 1.29 is 4.42 Å². The highest BCUT2D eigenvalue weighted by molar-refractivity contribution is 9.10. The van der Waals surface area contributed by atoms with Gasteiger partial charge in [-0.05, 0) is 46.6 Å². The number of furan rings is 1. The molecule has 0 aliphatic rings. The zero-order chi connectivity index (χ0) is 12.1. The number of hydrogen-bond donors (Lipinski definition) is 1. The van der Waals surface area contributed by atoms with E-state index in [-0.39, 0.29) is 6.04 Å². The Morgan fingerprint density at radius 2 is 2.35 bits per heavy atom. The lowest BCUT2D eigenvalue weighted by Gasteiger charge is -2.16. The molecule has 2 heterocycles. The zero-order valence-electron chi connectivity index (χ0n) is 9.69. The van der Waals surface area contributed by atoms with Gasteiger partial charge in [-0.1, -0.05) is 13.0 Å². The first kappa shape index (κ1) is 12.3. The summed E-state index contributed by atoms with van der Waals surface area (Å²) in [6.07, 6.45) is 6.41. The Morgan fingerprint density at radius 1 is 1.47 bits per heavy atom. The van der Waals surface area contributed by atoms with Crippen molar-refractivity contribution in [1.82, 2.24) is 10.3 Å². The highest BCUT2D eigenvalue weighted by Gasteiger charge is 2.19. The van der Waals surface area contributed by atoms with Gasteiger partial charge in [0.15, 0.2) is 0 Å². The first-order valence-electron chi connectivity index (χ1n) is 5.69. The van der Waals surface area contributed by atoms with E-state index < -0.39 is 0 Å². The van der Waals surface area contributed by atoms with Gasteiger partial charge in [0.2, 0.25) is 0 Å². The summed E-state index contributed by atoms with van der Waals surface area (Å²) in [6.45, 7) is 3.08. The molecule has 0 aromatic carbocycles. The van der Waals surface area contributed by atoms with Gasteiger partial charge in [0.25, 0.3) is 0 Å². The minimum atomic E-state index is 0.0491. The molecule has 3 nitrogen and oxygen atoms in total. The Balaban J connectivity index is 2.29. The van der Waals surface area contributed by atoms with Gasteiger partial charge in [-0.3, -0.25) is 4.98 Å². The molecule has 0 amide bonds. The first-order valence-corrected chi connectivity index (χ1v) is 6.48. The Labute approximate surface area is 109 Å². The van der Waals surface area contributed by atoms with Gasteiger partial charge < -0.3 is 9.73 Å². The Bertz CT molecular complexity index is 455. The van der Waals surface area contributed by atoms with Crippen LogP contribution in [0.4, 0.5) is 0 Å². The van der Waals surface area contributed by atoms with Crippen LogP contribution in [0.1, 0.15) is 30.7 Å². The van der Waals surface area contributed by atoms with Crippen LogP contribution < -0.4 is 5.32 Å². The van der Waals surface area contributed by atoms with Gasteiger partial charge in [0.1, 0.15) is 5.76 Å². The van der Waals surface area contributed by atoms with Crippen LogP contribution in [0.3, 0.4) is 0 Å². The van der Waals surface area contributed by atoms with Crippen molar-refractivity contribution in [1.29, 1.82) is 0 Å². The monoisotopic (exact) mass is 294 g/mol. The van der Waals surface area contributed by atoms with Crippen molar-refractivity contribution >= 4 is 15.9 Å². The lowest BCUT2D eigenvalue weighted by atomic mass is 10.1. The van der Waals surface area contributed by atoms with E-state index in [0.717, 1.165) is 28.8 Å². The van der Waals surface area contributed by atoms with Crippen LogP contribution in [-0.2, 0) is 0 Å². The number of rotatable bonds is 5. The number of pyridine rings is 1. The molecule has 17 heavy (non-hydrogen) atoms. The average Bonchev–Trinajstić information content (AvgIpc) is 2.78. The summed E-state index contributed by atoms with van der Waals surface area (Å²) < 4.78 is 6.52. The van der Waals surface area contributed by atoms with E-state index in [2.05, 4.69) is 39.2 Å². The zero-order valence-corrected chi connectivity index (χ0v) is 11.3. The molecule has 2 aromatic rings. The normalized spacial score (nSPS) is 12.6. The van der Waals surface area contributed by atoms with Crippen LogP contribution in [0.15, 0.2) is 45.7 Å². The summed E-state index contributed by atoms with van der Waals surface area (Å²) in [4.78, 5) is 4.16. The summed E-state index contributed by atoms with van der Waals surface area (Å²) in [5, 5.41) is 3.47. The highest BCUT2D eigenvalue weighted by Crippen LogP contribution is 2.29. The molecule has 90 valence electrons. The van der Waals surface area contributed by atoms with Gasteiger partial charge in [-0.15, -0.1) is 0 Å². The number of aromatic nitrogens is 1. The van der Waals surface area contributed by atoms with Crippen LogP contribution in [-0.4, -0.2) is 11.5 Å². The second-order valence-corrected chi connectivity index (χ2v) is 4.66. The molecule has 2 rings (SSSR count). The third kappa shape index (κ3) is 2.96. The molecule has 0 fully saturated rings. The summed E-state index contributed by atoms with van der Waals surface area (Å²) in [5.74, 6) is 0.895. The minimum absolute atomic E-state index is 0.0491. The lowest BCUT2D eigenvalue weighted by molar-refractivity contribution is 0.444. The van der Waals surface area contributed by atoms with Crippen LogP contribution in [0.2, 0.25) is 0 Å². The number of hydrogen-bond acceptors (Lipinski definition) is 3. The van der Waals surface area contributed by atoms with Gasteiger partial charge in [0.05, 0.1) is 16.8 Å². The second-order valence-electron chi connectivity index (χ2n) is 3.81. The smallest absolute Gasteiger partial charge is 0.139 e. The highest BCUT2D eigenvalue weighted by atomic mass is 79.9.